The Kier molecular flexibility index (Phi) is 2.97. The van der Waals surface area contributed by atoms with Crippen molar-refractivity contribution in [3.05, 3.63) is 45.1 Å². The quantitative estimate of drug-likeness (QED) is 0.681. The smallest absolute Gasteiger partial charge is 0.298 e. The first kappa shape index (κ1) is 10.4. The second kappa shape index (κ2) is 4.58. The van der Waals surface area contributed by atoms with Crippen LogP contribution in [0, 0.1) is 0 Å². The monoisotopic (exact) mass is 236 g/mol. The van der Waals surface area contributed by atoms with Crippen molar-refractivity contribution in [3.63, 3.8) is 0 Å². The molecule has 7 heteroatoms. The van der Waals surface area contributed by atoms with Crippen LogP contribution in [0.3, 0.4) is 0 Å². The predicted octanol–water partition coefficient (Wildman–Crippen LogP) is 0.588. The van der Waals surface area contributed by atoms with E-state index in [9.17, 15) is 9.59 Å². The van der Waals surface area contributed by atoms with Gasteiger partial charge in [0.25, 0.3) is 5.91 Å². The third-order valence-electron chi connectivity index (χ3n) is 1.77. The van der Waals surface area contributed by atoms with Gasteiger partial charge in [-0.3, -0.25) is 30.4 Å². The number of aromatic amines is 1. The molecule has 6 nitrogen and oxygen atoms in total. The fourth-order valence-electron chi connectivity index (χ4n) is 1.04. The summed E-state index contributed by atoms with van der Waals surface area (Å²) in [5.41, 5.74) is 5.53. The van der Waals surface area contributed by atoms with Crippen molar-refractivity contribution in [2.24, 2.45) is 0 Å². The highest BCUT2D eigenvalue weighted by atomic mass is 32.1. The molecule has 2 rings (SSSR count). The average Bonchev–Trinajstić information content (AvgIpc) is 2.73. The fourth-order valence-corrected chi connectivity index (χ4v) is 1.55. The second-order valence-electron chi connectivity index (χ2n) is 2.88. The zero-order chi connectivity index (χ0) is 11.4. The maximum absolute atomic E-state index is 11.5. The number of pyridine rings is 1. The van der Waals surface area contributed by atoms with E-state index in [1.54, 1.807) is 17.5 Å². The van der Waals surface area contributed by atoms with Crippen molar-refractivity contribution in [1.29, 1.82) is 0 Å². The zero-order valence-electron chi connectivity index (χ0n) is 8.06. The number of hydrazine groups is 1. The number of H-pyrrole nitrogens is 1. The minimum Gasteiger partial charge on any atom is -0.298 e. The molecule has 0 fully saturated rings. The largest absolute Gasteiger partial charge is 0.306 e. The number of carbonyl (C=O) groups is 1. The summed E-state index contributed by atoms with van der Waals surface area (Å²) in [5.74, 6) is 0.159. The summed E-state index contributed by atoms with van der Waals surface area (Å²) in [4.78, 5) is 28.5. The van der Waals surface area contributed by atoms with Crippen molar-refractivity contribution in [1.82, 2.24) is 15.4 Å². The number of carbonyl (C=O) groups excluding carboxylic acids is 1. The van der Waals surface area contributed by atoms with E-state index < -0.39 is 0 Å². The molecule has 3 N–H and O–H groups in total. The van der Waals surface area contributed by atoms with Crippen LogP contribution < -0.4 is 15.7 Å². The number of aromatic nitrogens is 2. The number of nitrogens with one attached hydrogen (secondary N) is 3. The van der Waals surface area contributed by atoms with Crippen LogP contribution in [0.2, 0.25) is 0 Å². The Morgan fingerprint density at radius 1 is 1.38 bits per heavy atom. The summed E-state index contributed by atoms with van der Waals surface area (Å²) in [7, 11) is 0. The van der Waals surface area contributed by atoms with Gasteiger partial charge in [-0.1, -0.05) is 11.3 Å². The summed E-state index contributed by atoms with van der Waals surface area (Å²) in [6.45, 7) is 0. The molecule has 82 valence electrons. The van der Waals surface area contributed by atoms with Gasteiger partial charge in [-0.15, -0.1) is 0 Å². The van der Waals surface area contributed by atoms with Gasteiger partial charge in [-0.05, 0) is 12.1 Å². The van der Waals surface area contributed by atoms with Crippen molar-refractivity contribution in [2.75, 3.05) is 5.43 Å². The minimum atomic E-state index is -0.297. The highest BCUT2D eigenvalue weighted by Gasteiger charge is 2.03. The number of thiazole rings is 1. The number of amides is 1. The number of nitrogens with zero attached hydrogens (tertiary/aromatic N) is 1. The van der Waals surface area contributed by atoms with E-state index >= 15 is 0 Å². The number of rotatable bonds is 3. The standard InChI is InChI=1S/C9H8N4O2S/c14-8(6-1-3-10-4-2-6)13-12-7-5-16-9(15)11-7/h1-5,12H,(H,11,15)(H,13,14). The minimum absolute atomic E-state index is 0.180. The topological polar surface area (TPSA) is 86.9 Å². The number of hydrogen-bond acceptors (Lipinski definition) is 5. The van der Waals surface area contributed by atoms with Gasteiger partial charge < -0.3 is 0 Å². The van der Waals surface area contributed by atoms with Crippen molar-refractivity contribution in [3.8, 4) is 0 Å². The number of anilines is 1. The van der Waals surface area contributed by atoms with Crippen LogP contribution in [0.1, 0.15) is 10.4 Å². The van der Waals surface area contributed by atoms with Gasteiger partial charge in [-0.2, -0.15) is 0 Å². The van der Waals surface area contributed by atoms with Crippen molar-refractivity contribution < 1.29 is 4.79 Å². The van der Waals surface area contributed by atoms with Gasteiger partial charge in [0.2, 0.25) is 0 Å². The summed E-state index contributed by atoms with van der Waals surface area (Å²) < 4.78 is 0. The molecular weight excluding hydrogens is 228 g/mol. The highest BCUT2D eigenvalue weighted by molar-refractivity contribution is 7.07. The first-order chi connectivity index (χ1) is 7.75. The maximum atomic E-state index is 11.5. The Morgan fingerprint density at radius 3 is 2.75 bits per heavy atom. The Balaban J connectivity index is 1.96. The Morgan fingerprint density at radius 2 is 2.12 bits per heavy atom. The normalized spacial score (nSPS) is 9.75. The molecule has 0 aromatic carbocycles. The van der Waals surface area contributed by atoms with Gasteiger partial charge >= 0.3 is 4.87 Å². The third kappa shape index (κ3) is 2.45. The molecule has 2 aromatic rings. The first-order valence-electron chi connectivity index (χ1n) is 4.40. The molecule has 0 saturated heterocycles. The van der Waals surface area contributed by atoms with Crippen LogP contribution in [0.25, 0.3) is 0 Å². The molecule has 1 amide bonds. The summed E-state index contributed by atoms with van der Waals surface area (Å²) >= 11 is 1.02. The molecule has 0 saturated carbocycles. The Hall–Kier alpha value is -2.15. The SMILES string of the molecule is O=C(NNc1csc(=O)[nH]1)c1ccncc1. The first-order valence-corrected chi connectivity index (χ1v) is 5.28. The molecule has 0 atom stereocenters. The van der Waals surface area contributed by atoms with Gasteiger partial charge in [0.1, 0.15) is 5.82 Å². The van der Waals surface area contributed by atoms with Crippen molar-refractivity contribution in [2.45, 2.75) is 0 Å². The lowest BCUT2D eigenvalue weighted by atomic mass is 10.3. The molecule has 2 aromatic heterocycles. The summed E-state index contributed by atoms with van der Waals surface area (Å²) in [6.07, 6.45) is 3.06. The molecule has 0 aliphatic rings. The molecular formula is C9H8N4O2S. The van der Waals surface area contributed by atoms with E-state index in [0.29, 0.717) is 11.4 Å². The molecule has 0 unspecified atom stereocenters. The van der Waals surface area contributed by atoms with E-state index in [-0.39, 0.29) is 10.8 Å². The van der Waals surface area contributed by atoms with Gasteiger partial charge in [0.15, 0.2) is 0 Å². The van der Waals surface area contributed by atoms with Crippen LogP contribution in [-0.2, 0) is 0 Å². The van der Waals surface area contributed by atoms with Gasteiger partial charge in [0, 0.05) is 23.3 Å². The van der Waals surface area contributed by atoms with Crippen LogP contribution in [0.15, 0.2) is 34.7 Å². The average molecular weight is 236 g/mol. The zero-order valence-corrected chi connectivity index (χ0v) is 8.88. The molecule has 2 heterocycles. The Labute approximate surface area is 94.3 Å². The summed E-state index contributed by atoms with van der Waals surface area (Å²) in [5, 5.41) is 1.58. The summed E-state index contributed by atoms with van der Waals surface area (Å²) in [6, 6.07) is 3.18. The molecule has 0 aliphatic heterocycles. The van der Waals surface area contributed by atoms with Crippen LogP contribution >= 0.6 is 11.3 Å². The Bertz CT molecular complexity index is 534. The predicted molar refractivity (Wildman–Crippen MR) is 60.3 cm³/mol. The molecule has 0 radical (unpaired) electrons. The van der Waals surface area contributed by atoms with Gasteiger partial charge in [0.05, 0.1) is 0 Å². The third-order valence-corrected chi connectivity index (χ3v) is 2.44. The van der Waals surface area contributed by atoms with Gasteiger partial charge in [-0.25, -0.2) is 0 Å². The lowest BCUT2D eigenvalue weighted by Crippen LogP contribution is -2.29. The number of hydrogen-bond donors (Lipinski definition) is 3. The molecule has 0 spiro atoms. The lowest BCUT2D eigenvalue weighted by molar-refractivity contribution is 0.0962. The van der Waals surface area contributed by atoms with Crippen LogP contribution in [0.4, 0.5) is 5.82 Å². The molecule has 16 heavy (non-hydrogen) atoms. The van der Waals surface area contributed by atoms with Crippen LogP contribution in [0.5, 0.6) is 0 Å². The van der Waals surface area contributed by atoms with Crippen molar-refractivity contribution >= 4 is 23.1 Å². The fraction of sp³-hybridized carbons (Fsp3) is 0. The lowest BCUT2D eigenvalue weighted by Gasteiger charge is -2.05. The van der Waals surface area contributed by atoms with Crippen LogP contribution in [-0.4, -0.2) is 15.9 Å². The van der Waals surface area contributed by atoms with E-state index in [0.717, 1.165) is 11.3 Å². The molecule has 0 aliphatic carbocycles. The van der Waals surface area contributed by atoms with E-state index in [1.165, 1.54) is 12.4 Å². The van der Waals surface area contributed by atoms with E-state index in [4.69, 9.17) is 0 Å². The maximum Gasteiger partial charge on any atom is 0.306 e. The van der Waals surface area contributed by atoms with E-state index in [1.807, 2.05) is 0 Å². The van der Waals surface area contributed by atoms with E-state index in [2.05, 4.69) is 20.8 Å². The molecule has 0 bridgehead atoms. The second-order valence-corrected chi connectivity index (χ2v) is 3.72. The highest BCUT2D eigenvalue weighted by Crippen LogP contribution is 2.01.